The van der Waals surface area contributed by atoms with Gasteiger partial charge >= 0.3 is 0 Å². The van der Waals surface area contributed by atoms with Crippen LogP contribution in [0.5, 0.6) is 0 Å². The zero-order valence-electron chi connectivity index (χ0n) is 17.4. The summed E-state index contributed by atoms with van der Waals surface area (Å²) in [5.74, 6) is -0.943. The van der Waals surface area contributed by atoms with E-state index in [2.05, 4.69) is 27.7 Å². The normalized spacial score (nSPS) is 11.0. The molecule has 0 amide bonds. The van der Waals surface area contributed by atoms with E-state index in [9.17, 15) is 9.90 Å². The third kappa shape index (κ3) is 16.3. The lowest BCUT2D eigenvalue weighted by Crippen LogP contribution is -2.50. The fraction of sp³-hybridized carbons (Fsp3) is 0.952. The minimum Gasteiger partial charge on any atom is -0.550 e. The third-order valence-corrected chi connectivity index (χ3v) is 4.68. The van der Waals surface area contributed by atoms with E-state index < -0.39 is 5.97 Å². The van der Waals surface area contributed by atoms with Gasteiger partial charge in [0.15, 0.2) is 0 Å². The summed E-state index contributed by atoms with van der Waals surface area (Å²) in [6.07, 6.45) is 12.9. The van der Waals surface area contributed by atoms with Crippen molar-refractivity contribution in [1.82, 2.24) is 0 Å². The van der Waals surface area contributed by atoms with Gasteiger partial charge in [-0.3, -0.25) is 0 Å². The molecule has 24 heavy (non-hydrogen) atoms. The van der Waals surface area contributed by atoms with Crippen molar-refractivity contribution in [3.8, 4) is 0 Å². The number of carboxylic acids is 1. The molecule has 0 atom stereocenters. The Labute approximate surface area is 152 Å². The first-order valence-corrected chi connectivity index (χ1v) is 10.6. The Kier molecular flexibility index (Phi) is 20.1. The summed E-state index contributed by atoms with van der Waals surface area (Å²) in [7, 11) is 0. The monoisotopic (exact) mass is 343 g/mol. The van der Waals surface area contributed by atoms with Gasteiger partial charge < -0.3 is 14.4 Å². The molecule has 0 aromatic rings. The van der Waals surface area contributed by atoms with Crippen LogP contribution >= 0.6 is 0 Å². The predicted octanol–water partition coefficient (Wildman–Crippen LogP) is 4.93. The number of quaternary nitrogens is 1. The summed E-state index contributed by atoms with van der Waals surface area (Å²) in [6, 6.07) is 0. The van der Waals surface area contributed by atoms with Gasteiger partial charge in [0.25, 0.3) is 0 Å². The molecule has 0 heterocycles. The van der Waals surface area contributed by atoms with Gasteiger partial charge in [-0.1, -0.05) is 66.7 Å². The van der Waals surface area contributed by atoms with E-state index in [0.29, 0.717) is 0 Å². The number of carbonyl (C=O) groups excluding carboxylic acids is 1. The van der Waals surface area contributed by atoms with Gasteiger partial charge in [0.05, 0.1) is 26.2 Å². The molecule has 0 aliphatic heterocycles. The zero-order chi connectivity index (χ0) is 18.7. The van der Waals surface area contributed by atoms with Crippen LogP contribution in [0.3, 0.4) is 0 Å². The van der Waals surface area contributed by atoms with Gasteiger partial charge in [-0.05, 0) is 38.5 Å². The van der Waals surface area contributed by atoms with Crippen molar-refractivity contribution in [1.29, 1.82) is 0 Å². The fourth-order valence-electron chi connectivity index (χ4n) is 2.97. The average Bonchev–Trinajstić information content (AvgIpc) is 2.59. The standard InChI is InChI=1S/C16H36N.C5H10O2/c1-5-9-13-17(14-10-6-2,15-11-7-3)16-12-8-4;1-2-3-4-5(6)7/h5-16H2,1-4H3;2-4H2,1H3,(H,6,7)/q+1;/p-1. The molecule has 3 heteroatoms. The van der Waals surface area contributed by atoms with Gasteiger partial charge in [-0.15, -0.1) is 0 Å². The van der Waals surface area contributed by atoms with E-state index in [-0.39, 0.29) is 6.42 Å². The Morgan fingerprint density at radius 2 is 0.917 bits per heavy atom. The van der Waals surface area contributed by atoms with Crippen LogP contribution < -0.4 is 5.11 Å². The highest BCUT2D eigenvalue weighted by Crippen LogP contribution is 2.16. The van der Waals surface area contributed by atoms with Gasteiger partial charge in [0, 0.05) is 5.97 Å². The maximum Gasteiger partial charge on any atom is 0.0786 e. The van der Waals surface area contributed by atoms with Gasteiger partial charge in [-0.2, -0.15) is 0 Å². The first kappa shape index (κ1) is 25.7. The molecule has 0 spiro atoms. The molecule has 146 valence electrons. The number of hydrogen-bond donors (Lipinski definition) is 0. The second-order valence-corrected chi connectivity index (χ2v) is 7.13. The number of nitrogens with zero attached hydrogens (tertiary/aromatic N) is 1. The lowest BCUT2D eigenvalue weighted by molar-refractivity contribution is -0.929. The van der Waals surface area contributed by atoms with E-state index in [1.165, 1.54) is 82.0 Å². The van der Waals surface area contributed by atoms with Crippen LogP contribution in [0.4, 0.5) is 0 Å². The van der Waals surface area contributed by atoms with Crippen LogP contribution in [-0.4, -0.2) is 36.6 Å². The molecule has 0 fully saturated rings. The maximum atomic E-state index is 9.65. The Balaban J connectivity index is 0. The van der Waals surface area contributed by atoms with Crippen molar-refractivity contribution in [2.45, 2.75) is 105 Å². The Morgan fingerprint density at radius 3 is 1.08 bits per heavy atom. The molecule has 3 nitrogen and oxygen atoms in total. The number of rotatable bonds is 15. The molecule has 0 aliphatic carbocycles. The number of carbonyl (C=O) groups is 1. The van der Waals surface area contributed by atoms with Crippen molar-refractivity contribution in [2.24, 2.45) is 0 Å². The second-order valence-electron chi connectivity index (χ2n) is 7.13. The number of carboxylic acid groups (broad SMARTS) is 1. The molecule has 0 N–H and O–H groups in total. The van der Waals surface area contributed by atoms with Crippen LogP contribution in [0.2, 0.25) is 0 Å². The van der Waals surface area contributed by atoms with E-state index in [0.717, 1.165) is 12.8 Å². The number of aliphatic carboxylic acids is 1. The first-order valence-electron chi connectivity index (χ1n) is 10.6. The van der Waals surface area contributed by atoms with Gasteiger partial charge in [-0.25, -0.2) is 0 Å². The third-order valence-electron chi connectivity index (χ3n) is 4.68. The van der Waals surface area contributed by atoms with E-state index in [1.54, 1.807) is 0 Å². The van der Waals surface area contributed by atoms with Crippen molar-refractivity contribution in [3.63, 3.8) is 0 Å². The second kappa shape index (κ2) is 18.8. The first-order chi connectivity index (χ1) is 11.5. The summed E-state index contributed by atoms with van der Waals surface area (Å²) < 4.78 is 1.42. The SMILES string of the molecule is CCCCC(=O)[O-].CCCC[N+](CCCC)(CCCC)CCCC. The molecule has 0 aliphatic rings. The van der Waals surface area contributed by atoms with Crippen molar-refractivity contribution < 1.29 is 14.4 Å². The van der Waals surface area contributed by atoms with Crippen LogP contribution in [0.25, 0.3) is 0 Å². The summed E-state index contributed by atoms with van der Waals surface area (Å²) >= 11 is 0. The van der Waals surface area contributed by atoms with Crippen LogP contribution in [-0.2, 0) is 4.79 Å². The molecular formula is C21H45NO2. The summed E-state index contributed by atoms with van der Waals surface area (Å²) in [5, 5.41) is 9.65. The molecule has 0 aromatic heterocycles. The molecule has 0 radical (unpaired) electrons. The predicted molar refractivity (Wildman–Crippen MR) is 104 cm³/mol. The lowest BCUT2D eigenvalue weighted by atomic mass is 10.1. The zero-order valence-corrected chi connectivity index (χ0v) is 17.4. The Bertz CT molecular complexity index is 229. The highest BCUT2D eigenvalue weighted by atomic mass is 16.4. The van der Waals surface area contributed by atoms with E-state index >= 15 is 0 Å². The quantitative estimate of drug-likeness (QED) is 0.396. The van der Waals surface area contributed by atoms with Crippen molar-refractivity contribution in [3.05, 3.63) is 0 Å². The van der Waals surface area contributed by atoms with Crippen molar-refractivity contribution in [2.75, 3.05) is 26.2 Å². The summed E-state index contributed by atoms with van der Waals surface area (Å²) in [5.41, 5.74) is 0. The van der Waals surface area contributed by atoms with Crippen LogP contribution in [0.1, 0.15) is 105 Å². The minimum absolute atomic E-state index is 0.205. The van der Waals surface area contributed by atoms with Gasteiger partial charge in [0.1, 0.15) is 0 Å². The smallest absolute Gasteiger partial charge is 0.0786 e. The highest BCUT2D eigenvalue weighted by Gasteiger charge is 2.24. The molecule has 0 saturated carbocycles. The topological polar surface area (TPSA) is 40.1 Å². The van der Waals surface area contributed by atoms with Crippen LogP contribution in [0, 0.1) is 0 Å². The Morgan fingerprint density at radius 1 is 0.625 bits per heavy atom. The van der Waals surface area contributed by atoms with Gasteiger partial charge in [0.2, 0.25) is 0 Å². The molecule has 0 saturated heterocycles. The molecule has 0 unspecified atom stereocenters. The average molecular weight is 344 g/mol. The molecule has 0 aromatic carbocycles. The number of hydrogen-bond acceptors (Lipinski definition) is 2. The molecular weight excluding hydrogens is 298 g/mol. The fourth-order valence-corrected chi connectivity index (χ4v) is 2.97. The van der Waals surface area contributed by atoms with E-state index in [1.807, 2.05) is 6.92 Å². The Hall–Kier alpha value is -0.570. The molecule has 0 rings (SSSR count). The van der Waals surface area contributed by atoms with Crippen molar-refractivity contribution >= 4 is 5.97 Å². The minimum atomic E-state index is -0.943. The van der Waals surface area contributed by atoms with E-state index in [4.69, 9.17) is 0 Å². The number of unbranched alkanes of at least 4 members (excludes halogenated alkanes) is 5. The summed E-state index contributed by atoms with van der Waals surface area (Å²) in [6.45, 7) is 17.0. The van der Waals surface area contributed by atoms with Crippen LogP contribution in [0.15, 0.2) is 0 Å². The lowest BCUT2D eigenvalue weighted by Gasteiger charge is -2.39. The summed E-state index contributed by atoms with van der Waals surface area (Å²) in [4.78, 5) is 9.65. The molecule has 0 bridgehead atoms. The largest absolute Gasteiger partial charge is 0.550 e. The maximum absolute atomic E-state index is 9.65. The highest BCUT2D eigenvalue weighted by molar-refractivity contribution is 5.63.